The molecule has 0 amide bonds. The highest BCUT2D eigenvalue weighted by Gasteiger charge is 2.42. The minimum Gasteiger partial charge on any atom is -0.351 e. The van der Waals surface area contributed by atoms with E-state index in [4.69, 9.17) is 12.2 Å². The van der Waals surface area contributed by atoms with Crippen molar-refractivity contribution in [1.29, 1.82) is 0 Å². The van der Waals surface area contributed by atoms with Gasteiger partial charge in [-0.1, -0.05) is 6.07 Å². The molecular formula is C22H20FN7S. The molecule has 0 spiro atoms. The average molecular weight is 434 g/mol. The number of anilines is 1. The molecule has 5 rings (SSSR count). The first-order valence-corrected chi connectivity index (χ1v) is 10.3. The molecule has 156 valence electrons. The number of halogens is 1. The van der Waals surface area contributed by atoms with Crippen molar-refractivity contribution < 1.29 is 4.39 Å². The molecule has 1 fully saturated rings. The standard InChI is InChI=1S/C22H20FN7S/c1-14-11-18(15(2)30(14)28-12-25-26-13-28)21-20(19-5-3-4-10-24-19)27-22(31)29(21)17-8-6-16(23)7-9-17/h3-13,20-21H,1-2H3,(H,27,31). The van der Waals surface area contributed by atoms with Gasteiger partial charge in [-0.05, 0) is 68.5 Å². The number of hydrogen-bond acceptors (Lipinski definition) is 4. The van der Waals surface area contributed by atoms with Gasteiger partial charge in [-0.15, -0.1) is 10.2 Å². The molecular weight excluding hydrogens is 413 g/mol. The number of thiocarbonyl (C=S) groups is 1. The summed E-state index contributed by atoms with van der Waals surface area (Å²) < 4.78 is 17.5. The van der Waals surface area contributed by atoms with E-state index >= 15 is 0 Å². The summed E-state index contributed by atoms with van der Waals surface area (Å²) in [6, 6.07) is 14.0. The first kappa shape index (κ1) is 19.4. The first-order chi connectivity index (χ1) is 15.0. The van der Waals surface area contributed by atoms with Gasteiger partial charge >= 0.3 is 0 Å². The highest BCUT2D eigenvalue weighted by atomic mass is 32.1. The summed E-state index contributed by atoms with van der Waals surface area (Å²) in [6.07, 6.45) is 5.10. The second-order valence-corrected chi connectivity index (χ2v) is 7.84. The normalized spacial score (nSPS) is 18.4. The zero-order chi connectivity index (χ0) is 21.5. The predicted molar refractivity (Wildman–Crippen MR) is 119 cm³/mol. The van der Waals surface area contributed by atoms with E-state index in [0.29, 0.717) is 5.11 Å². The Hall–Kier alpha value is -3.59. The zero-order valence-corrected chi connectivity index (χ0v) is 17.8. The van der Waals surface area contributed by atoms with E-state index in [-0.39, 0.29) is 17.9 Å². The summed E-state index contributed by atoms with van der Waals surface area (Å²) in [7, 11) is 0. The second kappa shape index (κ2) is 7.59. The molecule has 0 bridgehead atoms. The Bertz CT molecular complexity index is 1220. The van der Waals surface area contributed by atoms with Crippen LogP contribution in [0.2, 0.25) is 0 Å². The monoisotopic (exact) mass is 433 g/mol. The minimum absolute atomic E-state index is 0.173. The Labute approximate surface area is 184 Å². The number of nitrogens with zero attached hydrogens (tertiary/aromatic N) is 6. The van der Waals surface area contributed by atoms with E-state index in [1.165, 1.54) is 12.1 Å². The topological polar surface area (TPSA) is 63.8 Å². The van der Waals surface area contributed by atoms with Crippen LogP contribution in [0.25, 0.3) is 0 Å². The van der Waals surface area contributed by atoms with Crippen LogP contribution in [0.3, 0.4) is 0 Å². The van der Waals surface area contributed by atoms with Crippen LogP contribution in [0.5, 0.6) is 0 Å². The molecule has 4 heterocycles. The van der Waals surface area contributed by atoms with Crippen molar-refractivity contribution in [1.82, 2.24) is 29.9 Å². The number of aromatic nitrogens is 5. The van der Waals surface area contributed by atoms with E-state index in [1.54, 1.807) is 31.0 Å². The average Bonchev–Trinajstić information content (AvgIpc) is 3.47. The smallest absolute Gasteiger partial charge is 0.174 e. The molecule has 4 aromatic rings. The Balaban J connectivity index is 1.68. The molecule has 1 aromatic carbocycles. The molecule has 0 saturated carbocycles. The van der Waals surface area contributed by atoms with E-state index in [0.717, 1.165) is 28.3 Å². The van der Waals surface area contributed by atoms with Gasteiger partial charge in [-0.3, -0.25) is 9.66 Å². The van der Waals surface area contributed by atoms with E-state index in [2.05, 4.69) is 38.2 Å². The van der Waals surface area contributed by atoms with Gasteiger partial charge in [-0.25, -0.2) is 9.07 Å². The molecule has 1 aliphatic heterocycles. The van der Waals surface area contributed by atoms with Crippen molar-refractivity contribution in [3.63, 3.8) is 0 Å². The van der Waals surface area contributed by atoms with Crippen LogP contribution in [-0.4, -0.2) is 29.6 Å². The third-order valence-corrected chi connectivity index (χ3v) is 5.91. The first-order valence-electron chi connectivity index (χ1n) is 9.85. The van der Waals surface area contributed by atoms with Crippen LogP contribution in [0.4, 0.5) is 10.1 Å². The molecule has 2 unspecified atom stereocenters. The summed E-state index contributed by atoms with van der Waals surface area (Å²) in [5, 5.41) is 11.9. The van der Waals surface area contributed by atoms with Crippen molar-refractivity contribution in [2.45, 2.75) is 25.9 Å². The van der Waals surface area contributed by atoms with Gasteiger partial charge in [0.25, 0.3) is 0 Å². The summed E-state index contributed by atoms with van der Waals surface area (Å²) in [6.45, 7) is 4.09. The van der Waals surface area contributed by atoms with Crippen molar-refractivity contribution >= 4 is 23.0 Å². The number of nitrogens with one attached hydrogen (secondary N) is 1. The summed E-state index contributed by atoms with van der Waals surface area (Å²) in [4.78, 5) is 6.62. The molecule has 0 aliphatic carbocycles. The fourth-order valence-electron chi connectivity index (χ4n) is 4.28. The molecule has 7 nitrogen and oxygen atoms in total. The maximum Gasteiger partial charge on any atom is 0.174 e. The number of rotatable bonds is 4. The Kier molecular flexibility index (Phi) is 4.74. The largest absolute Gasteiger partial charge is 0.351 e. The Morgan fingerprint density at radius 1 is 1.03 bits per heavy atom. The highest BCUT2D eigenvalue weighted by molar-refractivity contribution is 7.80. The van der Waals surface area contributed by atoms with Crippen LogP contribution >= 0.6 is 12.2 Å². The summed E-state index contributed by atoms with van der Waals surface area (Å²) in [5.74, 6) is -0.287. The lowest BCUT2D eigenvalue weighted by Gasteiger charge is -2.28. The van der Waals surface area contributed by atoms with E-state index < -0.39 is 0 Å². The Morgan fingerprint density at radius 2 is 1.77 bits per heavy atom. The molecule has 31 heavy (non-hydrogen) atoms. The zero-order valence-electron chi connectivity index (χ0n) is 17.0. The summed E-state index contributed by atoms with van der Waals surface area (Å²) in [5.41, 5.74) is 4.84. The third kappa shape index (κ3) is 3.27. The van der Waals surface area contributed by atoms with Crippen LogP contribution in [-0.2, 0) is 0 Å². The van der Waals surface area contributed by atoms with Gasteiger partial charge in [0.2, 0.25) is 0 Å². The number of hydrogen-bond donors (Lipinski definition) is 1. The fraction of sp³-hybridized carbons (Fsp3) is 0.182. The quantitative estimate of drug-likeness (QED) is 0.495. The fourth-order valence-corrected chi connectivity index (χ4v) is 4.63. The molecule has 3 aromatic heterocycles. The lowest BCUT2D eigenvalue weighted by atomic mass is 9.96. The lowest BCUT2D eigenvalue weighted by molar-refractivity contribution is 0.557. The Morgan fingerprint density at radius 3 is 2.45 bits per heavy atom. The molecule has 0 radical (unpaired) electrons. The summed E-state index contributed by atoms with van der Waals surface area (Å²) >= 11 is 5.73. The van der Waals surface area contributed by atoms with Gasteiger partial charge in [0, 0.05) is 28.8 Å². The number of pyridine rings is 1. The van der Waals surface area contributed by atoms with Crippen LogP contribution < -0.4 is 10.2 Å². The lowest BCUT2D eigenvalue weighted by Crippen LogP contribution is -2.29. The third-order valence-electron chi connectivity index (χ3n) is 5.59. The van der Waals surface area contributed by atoms with Gasteiger partial charge in [0.1, 0.15) is 18.5 Å². The van der Waals surface area contributed by atoms with Gasteiger partial charge in [0.05, 0.1) is 17.8 Å². The van der Waals surface area contributed by atoms with Crippen molar-refractivity contribution in [3.8, 4) is 0 Å². The maximum atomic E-state index is 13.6. The minimum atomic E-state index is -0.287. The predicted octanol–water partition coefficient (Wildman–Crippen LogP) is 3.72. The van der Waals surface area contributed by atoms with Crippen molar-refractivity contribution in [2.24, 2.45) is 0 Å². The SMILES string of the molecule is Cc1cc(C2C(c3ccccn3)NC(=S)N2c2ccc(F)cc2)c(C)n1-n1cnnc1. The van der Waals surface area contributed by atoms with Crippen LogP contribution in [0, 0.1) is 19.7 Å². The number of aryl methyl sites for hydroxylation is 1. The maximum absolute atomic E-state index is 13.6. The van der Waals surface area contributed by atoms with E-state index in [9.17, 15) is 4.39 Å². The second-order valence-electron chi connectivity index (χ2n) is 7.45. The van der Waals surface area contributed by atoms with Gasteiger partial charge in [0.15, 0.2) is 5.11 Å². The number of benzene rings is 1. The van der Waals surface area contributed by atoms with Crippen LogP contribution in [0.1, 0.15) is 34.7 Å². The van der Waals surface area contributed by atoms with Crippen molar-refractivity contribution in [3.05, 3.63) is 95.8 Å². The van der Waals surface area contributed by atoms with Gasteiger partial charge in [-0.2, -0.15) is 0 Å². The molecule has 1 aliphatic rings. The van der Waals surface area contributed by atoms with E-state index in [1.807, 2.05) is 34.7 Å². The van der Waals surface area contributed by atoms with Gasteiger partial charge < -0.3 is 10.2 Å². The highest BCUT2D eigenvalue weighted by Crippen LogP contribution is 2.43. The molecule has 9 heteroatoms. The van der Waals surface area contributed by atoms with Crippen molar-refractivity contribution in [2.75, 3.05) is 4.90 Å². The molecule has 1 saturated heterocycles. The van der Waals surface area contributed by atoms with Crippen LogP contribution in [0.15, 0.2) is 67.4 Å². The molecule has 1 N–H and O–H groups in total. The molecule has 2 atom stereocenters.